The number of aryl methyl sites for hydroxylation is 2. The molecule has 6 atom stereocenters. The molecule has 6 heteroatoms. The van der Waals surface area contributed by atoms with Gasteiger partial charge in [-0.3, -0.25) is 0 Å². The van der Waals surface area contributed by atoms with Gasteiger partial charge in [-0.15, -0.1) is 0 Å². The van der Waals surface area contributed by atoms with Gasteiger partial charge >= 0.3 is 0 Å². The molecule has 0 bridgehead atoms. The molecule has 150 valence electrons. The van der Waals surface area contributed by atoms with Gasteiger partial charge in [0.05, 0.1) is 13.2 Å². The molecule has 0 aromatic heterocycles. The van der Waals surface area contributed by atoms with E-state index in [1.807, 2.05) is 62.4 Å². The number of rotatable bonds is 4. The summed E-state index contributed by atoms with van der Waals surface area (Å²) in [4.78, 5) is 0. The molecule has 2 aromatic rings. The first kappa shape index (κ1) is 19.5. The lowest BCUT2D eigenvalue weighted by Crippen LogP contribution is -2.58. The predicted octanol–water partition coefficient (Wildman–Crippen LogP) is 2.55. The van der Waals surface area contributed by atoms with Crippen molar-refractivity contribution < 1.29 is 29.2 Å². The van der Waals surface area contributed by atoms with E-state index >= 15 is 0 Å². The zero-order valence-electron chi connectivity index (χ0n) is 16.0. The van der Waals surface area contributed by atoms with E-state index in [4.69, 9.17) is 18.9 Å². The van der Waals surface area contributed by atoms with E-state index < -0.39 is 43.6 Å². The topological polar surface area (TPSA) is 77.4 Å². The molecular formula is C22H26O6. The Hall–Kier alpha value is -1.80. The van der Waals surface area contributed by atoms with Gasteiger partial charge in [0, 0.05) is 11.1 Å². The number of ether oxygens (including phenoxy) is 4. The summed E-state index contributed by atoms with van der Waals surface area (Å²) in [7, 11) is 0. The number of aliphatic hydroxyl groups excluding tert-OH is 2. The highest BCUT2D eigenvalue weighted by Crippen LogP contribution is 2.38. The van der Waals surface area contributed by atoms with Crippen molar-refractivity contribution in [3.63, 3.8) is 0 Å². The Labute approximate surface area is 164 Å². The average Bonchev–Trinajstić information content (AvgIpc) is 2.73. The van der Waals surface area contributed by atoms with Crippen molar-refractivity contribution in [2.24, 2.45) is 0 Å². The number of hydrogen-bond donors (Lipinski definition) is 2. The summed E-state index contributed by atoms with van der Waals surface area (Å²) in [6, 6.07) is 15.7. The Morgan fingerprint density at radius 2 is 1.43 bits per heavy atom. The van der Waals surface area contributed by atoms with E-state index in [1.54, 1.807) is 0 Å². The van der Waals surface area contributed by atoms with Gasteiger partial charge in [0.25, 0.3) is 0 Å². The second-order valence-corrected chi connectivity index (χ2v) is 7.44. The Kier molecular flexibility index (Phi) is 5.78. The zero-order chi connectivity index (χ0) is 19.7. The van der Waals surface area contributed by atoms with E-state index in [1.165, 1.54) is 0 Å². The number of aliphatic hydroxyl groups is 2. The van der Waals surface area contributed by atoms with E-state index in [2.05, 4.69) is 0 Å². The quantitative estimate of drug-likeness (QED) is 0.841. The van der Waals surface area contributed by atoms with Crippen molar-refractivity contribution in [1.82, 2.24) is 0 Å². The largest absolute Gasteiger partial charge is 0.394 e. The molecule has 2 aromatic carbocycles. The summed E-state index contributed by atoms with van der Waals surface area (Å²) in [6.07, 6.45) is -4.00. The Balaban J connectivity index is 1.55. The van der Waals surface area contributed by atoms with E-state index in [0.29, 0.717) is 6.61 Å². The van der Waals surface area contributed by atoms with Gasteiger partial charge in [0.2, 0.25) is 0 Å². The smallest absolute Gasteiger partial charge is 0.184 e. The molecule has 2 saturated heterocycles. The van der Waals surface area contributed by atoms with Crippen molar-refractivity contribution in [2.75, 3.05) is 13.2 Å². The molecule has 3 unspecified atom stereocenters. The van der Waals surface area contributed by atoms with Crippen molar-refractivity contribution >= 4 is 0 Å². The second-order valence-electron chi connectivity index (χ2n) is 7.44. The fourth-order valence-electron chi connectivity index (χ4n) is 3.56. The second kappa shape index (κ2) is 8.29. The number of benzene rings is 2. The van der Waals surface area contributed by atoms with Crippen LogP contribution in [0, 0.1) is 13.8 Å². The fourth-order valence-corrected chi connectivity index (χ4v) is 3.56. The Morgan fingerprint density at radius 1 is 0.857 bits per heavy atom. The predicted molar refractivity (Wildman–Crippen MR) is 102 cm³/mol. The van der Waals surface area contributed by atoms with Crippen LogP contribution in [0.5, 0.6) is 0 Å². The summed E-state index contributed by atoms with van der Waals surface area (Å²) in [6.45, 7) is 3.91. The maximum atomic E-state index is 10.4. The van der Waals surface area contributed by atoms with Gasteiger partial charge in [-0.2, -0.15) is 0 Å². The molecule has 2 aliphatic rings. The molecule has 2 N–H and O–H groups in total. The highest BCUT2D eigenvalue weighted by atomic mass is 16.8. The van der Waals surface area contributed by atoms with Crippen LogP contribution >= 0.6 is 0 Å². The first-order valence-electron chi connectivity index (χ1n) is 9.55. The third-order valence-electron chi connectivity index (χ3n) is 5.23. The standard InChI is InChI=1S/C22H26O6/c1-13-3-7-15(8-4-13)21-25-12-18-20(28-21)19(17(24)11-23)27-22(26-18)16-9-5-14(2)6-10-16/h3-10,17-24H,11-12H2,1-2H3/t17-,18?,19-,20-,21?,22?/m0/s1. The molecule has 2 aliphatic heterocycles. The van der Waals surface area contributed by atoms with E-state index in [-0.39, 0.29) is 0 Å². The van der Waals surface area contributed by atoms with Crippen LogP contribution in [-0.2, 0) is 18.9 Å². The molecule has 0 spiro atoms. The monoisotopic (exact) mass is 386 g/mol. The summed E-state index contributed by atoms with van der Waals surface area (Å²) >= 11 is 0. The van der Waals surface area contributed by atoms with Crippen LogP contribution in [0.1, 0.15) is 34.8 Å². The third kappa shape index (κ3) is 3.98. The minimum absolute atomic E-state index is 0.309. The number of hydrogen-bond acceptors (Lipinski definition) is 6. The molecular weight excluding hydrogens is 360 g/mol. The zero-order valence-corrected chi connectivity index (χ0v) is 16.0. The summed E-state index contributed by atoms with van der Waals surface area (Å²) in [5, 5.41) is 19.9. The van der Waals surface area contributed by atoms with Crippen LogP contribution < -0.4 is 0 Å². The Morgan fingerprint density at radius 3 is 2.00 bits per heavy atom. The Bertz CT molecular complexity index is 773. The molecule has 0 amide bonds. The molecule has 28 heavy (non-hydrogen) atoms. The fraction of sp³-hybridized carbons (Fsp3) is 0.455. The van der Waals surface area contributed by atoms with Crippen LogP contribution in [0.4, 0.5) is 0 Å². The van der Waals surface area contributed by atoms with Gasteiger partial charge in [0.1, 0.15) is 24.4 Å². The average molecular weight is 386 g/mol. The summed E-state index contributed by atoms with van der Waals surface area (Å²) < 4.78 is 24.1. The lowest BCUT2D eigenvalue weighted by atomic mass is 9.99. The minimum atomic E-state index is -1.08. The number of fused-ring (bicyclic) bond motifs is 1. The third-order valence-corrected chi connectivity index (χ3v) is 5.23. The van der Waals surface area contributed by atoms with Crippen LogP contribution in [0.3, 0.4) is 0 Å². The maximum absolute atomic E-state index is 10.4. The van der Waals surface area contributed by atoms with Crippen LogP contribution in [0.25, 0.3) is 0 Å². The highest BCUT2D eigenvalue weighted by molar-refractivity contribution is 5.24. The van der Waals surface area contributed by atoms with E-state index in [0.717, 1.165) is 22.3 Å². The minimum Gasteiger partial charge on any atom is -0.394 e. The SMILES string of the molecule is Cc1ccc(C2OC3COC(c4ccc(C)cc4)O[C@@H]3[C@H]([C@@H](O)CO)O2)cc1. The van der Waals surface area contributed by atoms with Gasteiger partial charge in [0.15, 0.2) is 12.6 Å². The lowest BCUT2D eigenvalue weighted by molar-refractivity contribution is -0.373. The van der Waals surface area contributed by atoms with Crippen LogP contribution in [-0.4, -0.2) is 47.8 Å². The van der Waals surface area contributed by atoms with Crippen molar-refractivity contribution in [2.45, 2.75) is 50.8 Å². The molecule has 0 aliphatic carbocycles. The molecule has 4 rings (SSSR count). The summed E-state index contributed by atoms with van der Waals surface area (Å²) in [5.41, 5.74) is 4.02. The molecule has 0 radical (unpaired) electrons. The first-order chi connectivity index (χ1) is 13.5. The maximum Gasteiger partial charge on any atom is 0.184 e. The van der Waals surface area contributed by atoms with Gasteiger partial charge in [-0.1, -0.05) is 59.7 Å². The molecule has 6 nitrogen and oxygen atoms in total. The van der Waals surface area contributed by atoms with Crippen molar-refractivity contribution in [3.8, 4) is 0 Å². The molecule has 2 heterocycles. The van der Waals surface area contributed by atoms with Gasteiger partial charge in [-0.25, -0.2) is 0 Å². The van der Waals surface area contributed by atoms with Crippen LogP contribution in [0.15, 0.2) is 48.5 Å². The highest BCUT2D eigenvalue weighted by Gasteiger charge is 2.48. The van der Waals surface area contributed by atoms with Crippen LogP contribution in [0.2, 0.25) is 0 Å². The lowest BCUT2D eigenvalue weighted by Gasteiger charge is -2.47. The van der Waals surface area contributed by atoms with Gasteiger partial charge < -0.3 is 29.2 Å². The summed E-state index contributed by atoms with van der Waals surface area (Å²) in [5.74, 6) is 0. The normalized spacial score (nSPS) is 31.2. The van der Waals surface area contributed by atoms with Crippen molar-refractivity contribution in [3.05, 3.63) is 70.8 Å². The molecule has 2 fully saturated rings. The van der Waals surface area contributed by atoms with Crippen molar-refractivity contribution in [1.29, 1.82) is 0 Å². The van der Waals surface area contributed by atoms with Gasteiger partial charge in [-0.05, 0) is 13.8 Å². The molecule has 0 saturated carbocycles. The van der Waals surface area contributed by atoms with E-state index in [9.17, 15) is 10.2 Å². The first-order valence-corrected chi connectivity index (χ1v) is 9.55.